The molecule has 0 spiro atoms. The van der Waals surface area contributed by atoms with Crippen LogP contribution in [0.2, 0.25) is 0 Å². The zero-order valence-corrected chi connectivity index (χ0v) is 21.5. The summed E-state index contributed by atoms with van der Waals surface area (Å²) in [5.41, 5.74) is 0.659. The third kappa shape index (κ3) is 6.56. The molecule has 3 rings (SSSR count). The van der Waals surface area contributed by atoms with Crippen LogP contribution in [0, 0.1) is 11.2 Å². The van der Waals surface area contributed by atoms with Gasteiger partial charge in [-0.15, -0.1) is 0 Å². The van der Waals surface area contributed by atoms with Gasteiger partial charge in [0.15, 0.2) is 0 Å². The molecule has 1 heterocycles. The van der Waals surface area contributed by atoms with Crippen molar-refractivity contribution in [3.63, 3.8) is 0 Å². The normalized spacial score (nSPS) is 17.4. The van der Waals surface area contributed by atoms with E-state index in [0.29, 0.717) is 29.9 Å². The molecule has 2 aromatic rings. The van der Waals surface area contributed by atoms with Crippen LogP contribution in [0.25, 0.3) is 0 Å². The average Bonchev–Trinajstić information content (AvgIpc) is 2.80. The Labute approximate surface area is 211 Å². The summed E-state index contributed by atoms with van der Waals surface area (Å²) < 4.78 is 75.8. The first-order valence-corrected chi connectivity index (χ1v) is 12.6. The fourth-order valence-electron chi connectivity index (χ4n) is 4.16. The second-order valence-electron chi connectivity index (χ2n) is 9.87. The molecule has 6 nitrogen and oxygen atoms in total. The number of halogens is 4. The number of carbonyl (C=O) groups is 1. The molecule has 1 amide bonds. The fraction of sp³-hybridized carbons (Fsp3) is 0.480. The lowest BCUT2D eigenvalue weighted by Crippen LogP contribution is -2.38. The second-order valence-corrected chi connectivity index (χ2v) is 10.9. The maximum atomic E-state index is 14.5. The minimum atomic E-state index is -4.48. The van der Waals surface area contributed by atoms with Gasteiger partial charge in [-0.3, -0.25) is 13.7 Å². The molecule has 1 saturated heterocycles. The van der Waals surface area contributed by atoms with Crippen LogP contribution < -0.4 is 14.5 Å². The number of anilines is 2. The summed E-state index contributed by atoms with van der Waals surface area (Å²) in [5.74, 6) is -1.94. The van der Waals surface area contributed by atoms with Gasteiger partial charge in [0, 0.05) is 32.4 Å². The lowest BCUT2D eigenvalue weighted by Gasteiger charge is -2.39. The molecule has 0 saturated carbocycles. The maximum absolute atomic E-state index is 14.5. The van der Waals surface area contributed by atoms with E-state index in [9.17, 15) is 26.6 Å². The molecule has 2 aromatic carbocycles. The Morgan fingerprint density at radius 1 is 1.19 bits per heavy atom. The summed E-state index contributed by atoms with van der Waals surface area (Å²) in [7, 11) is 1.26. The number of benzene rings is 2. The van der Waals surface area contributed by atoms with Crippen molar-refractivity contribution < 1.29 is 31.1 Å². The molecule has 2 N–H and O–H groups in total. The van der Waals surface area contributed by atoms with Crippen LogP contribution in [0.4, 0.5) is 28.9 Å². The molecule has 0 radical (unpaired) electrons. The van der Waals surface area contributed by atoms with Gasteiger partial charge < -0.3 is 10.2 Å². The summed E-state index contributed by atoms with van der Waals surface area (Å²) in [5, 5.41) is 2.76. The molecule has 1 fully saturated rings. The maximum Gasteiger partial charge on any atom is 0.416 e. The topological polar surface area (TPSA) is 72.9 Å². The first-order chi connectivity index (χ1) is 16.7. The van der Waals surface area contributed by atoms with Crippen molar-refractivity contribution in [1.82, 2.24) is 5.32 Å². The predicted octanol–water partition coefficient (Wildman–Crippen LogP) is 5.46. The van der Waals surface area contributed by atoms with Gasteiger partial charge in [0.25, 0.3) is 11.3 Å². The van der Waals surface area contributed by atoms with Crippen LogP contribution in [-0.2, 0) is 28.8 Å². The molecule has 1 aliphatic rings. The van der Waals surface area contributed by atoms with Crippen molar-refractivity contribution in [2.24, 2.45) is 5.41 Å². The number of amides is 1. The highest BCUT2D eigenvalue weighted by molar-refractivity contribution is 7.80. The second kappa shape index (κ2) is 10.8. The molecule has 198 valence electrons. The standard InChI is InChI=1S/C25H31F4N3O3S/c1-16(17-6-8-21(20(26)13-17)31(4)36(34)35)23(33)30-15-18-5-7-19(25(27,28)29)14-22(18)32-11-9-24(2,3)10-12-32/h5-8,13-14,16H,9-12,15H2,1-4H3,(H,30,33)(H,34,35). The summed E-state index contributed by atoms with van der Waals surface area (Å²) >= 11 is -2.40. The number of nitrogens with zero attached hydrogens (tertiary/aromatic N) is 2. The minimum Gasteiger partial charge on any atom is -0.371 e. The summed E-state index contributed by atoms with van der Waals surface area (Å²) in [4.78, 5) is 14.8. The van der Waals surface area contributed by atoms with Gasteiger partial charge in [0.2, 0.25) is 5.91 Å². The summed E-state index contributed by atoms with van der Waals surface area (Å²) in [6, 6.07) is 7.47. The smallest absolute Gasteiger partial charge is 0.371 e. The number of piperidine rings is 1. The van der Waals surface area contributed by atoms with Gasteiger partial charge in [-0.05, 0) is 60.6 Å². The minimum absolute atomic E-state index is 0.0172. The number of nitrogens with one attached hydrogen (secondary N) is 1. The van der Waals surface area contributed by atoms with Crippen LogP contribution in [0.5, 0.6) is 0 Å². The van der Waals surface area contributed by atoms with Crippen molar-refractivity contribution in [2.75, 3.05) is 29.3 Å². The van der Waals surface area contributed by atoms with Crippen LogP contribution in [0.15, 0.2) is 36.4 Å². The lowest BCUT2D eigenvalue weighted by atomic mass is 9.82. The Balaban J connectivity index is 1.77. The Kier molecular flexibility index (Phi) is 8.34. The summed E-state index contributed by atoms with van der Waals surface area (Å²) in [6.07, 6.45) is -2.80. The van der Waals surface area contributed by atoms with E-state index in [2.05, 4.69) is 19.2 Å². The average molecular weight is 530 g/mol. The van der Waals surface area contributed by atoms with E-state index < -0.39 is 40.6 Å². The van der Waals surface area contributed by atoms with E-state index in [0.717, 1.165) is 35.3 Å². The number of carbonyl (C=O) groups excluding carboxylic acids is 1. The number of rotatable bonds is 7. The van der Waals surface area contributed by atoms with Crippen molar-refractivity contribution in [2.45, 2.75) is 52.3 Å². The van der Waals surface area contributed by atoms with Crippen LogP contribution in [0.3, 0.4) is 0 Å². The highest BCUT2D eigenvalue weighted by atomic mass is 32.2. The Morgan fingerprint density at radius 2 is 1.83 bits per heavy atom. The first kappa shape index (κ1) is 27.9. The monoisotopic (exact) mass is 529 g/mol. The van der Waals surface area contributed by atoms with E-state index in [1.54, 1.807) is 6.92 Å². The van der Waals surface area contributed by atoms with Gasteiger partial charge in [-0.2, -0.15) is 13.2 Å². The molecule has 0 aliphatic carbocycles. The van der Waals surface area contributed by atoms with Gasteiger partial charge in [-0.25, -0.2) is 8.60 Å². The van der Waals surface area contributed by atoms with Gasteiger partial charge >= 0.3 is 6.18 Å². The Hall–Kier alpha value is -2.66. The molecule has 36 heavy (non-hydrogen) atoms. The molecule has 2 unspecified atom stereocenters. The van der Waals surface area contributed by atoms with Gasteiger partial charge in [-0.1, -0.05) is 26.0 Å². The van der Waals surface area contributed by atoms with Crippen LogP contribution in [0.1, 0.15) is 56.2 Å². The quantitative estimate of drug-likeness (QED) is 0.369. The van der Waals surface area contributed by atoms with Crippen molar-refractivity contribution in [3.8, 4) is 0 Å². The van der Waals surface area contributed by atoms with E-state index in [4.69, 9.17) is 4.55 Å². The van der Waals surface area contributed by atoms with Gasteiger partial charge in [0.05, 0.1) is 17.2 Å². The van der Waals surface area contributed by atoms with Gasteiger partial charge in [0.1, 0.15) is 5.82 Å². The number of hydrogen-bond acceptors (Lipinski definition) is 3. The Bertz CT molecular complexity index is 1130. The fourth-order valence-corrected chi connectivity index (χ4v) is 4.47. The summed E-state index contributed by atoms with van der Waals surface area (Å²) in [6.45, 7) is 7.10. The lowest BCUT2D eigenvalue weighted by molar-refractivity contribution is -0.137. The number of alkyl halides is 3. The van der Waals surface area contributed by atoms with Crippen molar-refractivity contribution >= 4 is 28.5 Å². The third-order valence-electron chi connectivity index (χ3n) is 6.76. The largest absolute Gasteiger partial charge is 0.416 e. The molecule has 2 atom stereocenters. The molecule has 1 aliphatic heterocycles. The zero-order chi connectivity index (χ0) is 26.8. The van der Waals surface area contributed by atoms with E-state index in [1.165, 1.54) is 25.2 Å². The SMILES string of the molecule is CC(C(=O)NCc1ccc(C(F)(F)F)cc1N1CCC(C)(C)CC1)c1ccc(N(C)S(=O)O)c(F)c1. The Morgan fingerprint density at radius 3 is 2.39 bits per heavy atom. The van der Waals surface area contributed by atoms with Crippen LogP contribution in [-0.4, -0.2) is 34.8 Å². The molecule has 0 bridgehead atoms. The third-order valence-corrected chi connectivity index (χ3v) is 7.43. The molecule has 11 heteroatoms. The number of hydrogen-bond donors (Lipinski definition) is 2. The van der Waals surface area contributed by atoms with E-state index in [1.807, 2.05) is 4.90 Å². The zero-order valence-electron chi connectivity index (χ0n) is 20.7. The highest BCUT2D eigenvalue weighted by Gasteiger charge is 2.33. The first-order valence-electron chi connectivity index (χ1n) is 11.6. The van der Waals surface area contributed by atoms with Crippen molar-refractivity contribution in [3.05, 3.63) is 58.9 Å². The van der Waals surface area contributed by atoms with Crippen molar-refractivity contribution in [1.29, 1.82) is 0 Å². The van der Waals surface area contributed by atoms with Crippen LogP contribution >= 0.6 is 0 Å². The predicted molar refractivity (Wildman–Crippen MR) is 133 cm³/mol. The highest BCUT2D eigenvalue weighted by Crippen LogP contribution is 2.37. The molecular weight excluding hydrogens is 498 g/mol. The molecule has 0 aromatic heterocycles. The molecular formula is C25H31F4N3O3S. The van der Waals surface area contributed by atoms with E-state index in [-0.39, 0.29) is 17.6 Å². The van der Waals surface area contributed by atoms with E-state index >= 15 is 0 Å².